The summed E-state index contributed by atoms with van der Waals surface area (Å²) in [5.74, 6) is -2.31. The first-order valence-corrected chi connectivity index (χ1v) is 14.0. The Morgan fingerprint density at radius 1 is 0.929 bits per heavy atom. The molecule has 1 heterocycles. The number of nitrogens with two attached hydrogens (primary N) is 1. The van der Waals surface area contributed by atoms with E-state index in [9.17, 15) is 35.9 Å². The number of rotatable bonds is 9. The Morgan fingerprint density at radius 3 is 2.02 bits per heavy atom. The maximum Gasteiger partial charge on any atom is 0.416 e. The van der Waals surface area contributed by atoms with Crippen LogP contribution in [0.4, 0.5) is 26.3 Å². The van der Waals surface area contributed by atoms with E-state index in [1.807, 2.05) is 18.2 Å². The maximum atomic E-state index is 13.2. The number of amides is 2. The highest BCUT2D eigenvalue weighted by Gasteiger charge is 2.43. The topological polar surface area (TPSA) is 84.7 Å². The van der Waals surface area contributed by atoms with Gasteiger partial charge in [-0.2, -0.15) is 26.3 Å². The van der Waals surface area contributed by atoms with E-state index >= 15 is 0 Å². The molecule has 1 unspecified atom stereocenters. The minimum atomic E-state index is -4.99. The zero-order valence-electron chi connectivity index (χ0n) is 23.1. The molecule has 6 nitrogen and oxygen atoms in total. The van der Waals surface area contributed by atoms with Crippen LogP contribution in [0.5, 0.6) is 0 Å². The molecule has 0 bridgehead atoms. The van der Waals surface area contributed by atoms with E-state index in [1.165, 1.54) is 5.56 Å². The quantitative estimate of drug-likeness (QED) is 0.382. The van der Waals surface area contributed by atoms with Gasteiger partial charge in [0.05, 0.1) is 24.3 Å². The Labute approximate surface area is 240 Å². The third kappa shape index (κ3) is 8.03. The largest absolute Gasteiger partial charge is 0.416 e. The van der Waals surface area contributed by atoms with Crippen LogP contribution in [-0.4, -0.2) is 48.6 Å². The highest BCUT2D eigenvalue weighted by molar-refractivity contribution is 5.85. The van der Waals surface area contributed by atoms with Crippen molar-refractivity contribution in [3.05, 3.63) is 70.8 Å². The van der Waals surface area contributed by atoms with Gasteiger partial charge in [-0.3, -0.25) is 14.5 Å². The fourth-order valence-corrected chi connectivity index (χ4v) is 6.29. The Balaban J connectivity index is 1.42. The molecule has 1 saturated carbocycles. The molecule has 0 aromatic heterocycles. The summed E-state index contributed by atoms with van der Waals surface area (Å²) in [5, 5.41) is 2.38. The van der Waals surface area contributed by atoms with Gasteiger partial charge in [-0.1, -0.05) is 30.3 Å². The summed E-state index contributed by atoms with van der Waals surface area (Å²) in [6.45, 7) is 2.31. The lowest BCUT2D eigenvalue weighted by atomic mass is 9.68. The summed E-state index contributed by atoms with van der Waals surface area (Å²) >= 11 is 0. The van der Waals surface area contributed by atoms with Crippen molar-refractivity contribution in [1.29, 1.82) is 0 Å². The number of carbonyl (C=O) groups is 2. The summed E-state index contributed by atoms with van der Waals surface area (Å²) in [7, 11) is 0. The molecule has 4 rings (SSSR count). The maximum absolute atomic E-state index is 13.2. The smallest absolute Gasteiger partial charge is 0.379 e. The minimum Gasteiger partial charge on any atom is -0.379 e. The minimum absolute atomic E-state index is 0.0340. The van der Waals surface area contributed by atoms with Gasteiger partial charge in [0.15, 0.2) is 0 Å². The number of hydrogen-bond donors (Lipinski definition) is 2. The van der Waals surface area contributed by atoms with Crippen LogP contribution >= 0.6 is 0 Å². The number of alkyl halides is 6. The van der Waals surface area contributed by atoms with Crippen molar-refractivity contribution >= 4 is 11.8 Å². The molecule has 230 valence electrons. The number of primary amides is 1. The lowest BCUT2D eigenvalue weighted by molar-refractivity contribution is -0.143. The lowest BCUT2D eigenvalue weighted by Crippen LogP contribution is -2.57. The normalized spacial score (nSPS) is 22.9. The second-order valence-electron chi connectivity index (χ2n) is 11.2. The Morgan fingerprint density at radius 2 is 1.50 bits per heavy atom. The van der Waals surface area contributed by atoms with E-state index in [-0.39, 0.29) is 29.5 Å². The monoisotopic (exact) mass is 599 g/mol. The van der Waals surface area contributed by atoms with Crippen LogP contribution in [0.2, 0.25) is 0 Å². The van der Waals surface area contributed by atoms with Gasteiger partial charge in [-0.25, -0.2) is 0 Å². The summed E-state index contributed by atoms with van der Waals surface area (Å²) < 4.78 is 84.7. The van der Waals surface area contributed by atoms with Gasteiger partial charge >= 0.3 is 12.4 Å². The Kier molecular flexibility index (Phi) is 9.87. The molecule has 42 heavy (non-hydrogen) atoms. The molecule has 0 radical (unpaired) electrons. The van der Waals surface area contributed by atoms with Gasteiger partial charge in [0.2, 0.25) is 11.8 Å². The fraction of sp³-hybridized carbons (Fsp3) is 0.533. The van der Waals surface area contributed by atoms with E-state index in [4.69, 9.17) is 10.5 Å². The van der Waals surface area contributed by atoms with Crippen LogP contribution in [0.1, 0.15) is 54.4 Å². The number of ether oxygens (including phenoxy) is 1. The van der Waals surface area contributed by atoms with Crippen LogP contribution in [0.15, 0.2) is 48.5 Å². The van der Waals surface area contributed by atoms with Gasteiger partial charge in [0, 0.05) is 37.5 Å². The molecule has 2 amide bonds. The van der Waals surface area contributed by atoms with Crippen LogP contribution in [-0.2, 0) is 39.6 Å². The first-order chi connectivity index (χ1) is 19.8. The van der Waals surface area contributed by atoms with Crippen molar-refractivity contribution in [2.24, 2.45) is 17.6 Å². The first kappa shape index (κ1) is 31.8. The number of carbonyl (C=O) groups excluding carboxylic acids is 2. The molecule has 3 N–H and O–H groups in total. The summed E-state index contributed by atoms with van der Waals surface area (Å²) in [6, 6.07) is 11.3. The number of hydrogen-bond acceptors (Lipinski definition) is 4. The van der Waals surface area contributed by atoms with Gasteiger partial charge in [0.1, 0.15) is 0 Å². The van der Waals surface area contributed by atoms with Gasteiger partial charge < -0.3 is 15.8 Å². The van der Waals surface area contributed by atoms with Crippen LogP contribution < -0.4 is 11.1 Å². The highest BCUT2D eigenvalue weighted by atomic mass is 19.4. The van der Waals surface area contributed by atoms with Crippen molar-refractivity contribution in [3.63, 3.8) is 0 Å². The SMILES string of the molecule is NC(=O)C(CC(=O)NCc1cc(C(F)(F)F)cc(C(F)(F)F)c1)C1CCC(Cc2ccccc2)(N2CCOCC2)CC1. The number of nitrogens with one attached hydrogen (secondary N) is 1. The van der Waals surface area contributed by atoms with Crippen LogP contribution in [0.25, 0.3) is 0 Å². The van der Waals surface area contributed by atoms with E-state index < -0.39 is 47.8 Å². The molecule has 1 saturated heterocycles. The number of morpholine rings is 1. The van der Waals surface area contributed by atoms with Crippen molar-refractivity contribution in [2.45, 2.75) is 63.0 Å². The molecule has 1 atom stereocenters. The standard InChI is InChI=1S/C30H35F6N3O3/c31-29(32,33)23-14-21(15-24(16-23)30(34,35)36)19-38-26(40)17-25(27(37)41)22-6-8-28(9-7-22,39-10-12-42-13-11-39)18-20-4-2-1-3-5-20/h1-5,14-16,22,25H,6-13,17-19H2,(H2,37,41)(H,38,40). The molecular weight excluding hydrogens is 564 g/mol. The molecule has 2 aliphatic rings. The van der Waals surface area contributed by atoms with Crippen LogP contribution in [0.3, 0.4) is 0 Å². The Hall–Kier alpha value is -3.12. The average Bonchev–Trinajstić information content (AvgIpc) is 2.95. The molecule has 12 heteroatoms. The first-order valence-electron chi connectivity index (χ1n) is 14.0. The zero-order chi connectivity index (χ0) is 30.5. The number of benzene rings is 2. The average molecular weight is 600 g/mol. The summed E-state index contributed by atoms with van der Waals surface area (Å²) in [4.78, 5) is 27.7. The Bertz CT molecular complexity index is 1190. The molecule has 2 aromatic carbocycles. The fourth-order valence-electron chi connectivity index (χ4n) is 6.29. The van der Waals surface area contributed by atoms with Crippen molar-refractivity contribution in [2.75, 3.05) is 26.3 Å². The van der Waals surface area contributed by atoms with Crippen molar-refractivity contribution < 1.29 is 40.7 Å². The van der Waals surface area contributed by atoms with Gasteiger partial charge in [-0.15, -0.1) is 0 Å². The van der Waals surface area contributed by atoms with E-state index in [1.54, 1.807) is 0 Å². The third-order valence-corrected chi connectivity index (χ3v) is 8.50. The third-order valence-electron chi connectivity index (χ3n) is 8.50. The number of halogens is 6. The predicted octanol–water partition coefficient (Wildman–Crippen LogP) is 5.34. The lowest BCUT2D eigenvalue weighted by Gasteiger charge is -2.50. The summed E-state index contributed by atoms with van der Waals surface area (Å²) in [6.07, 6.45) is -6.59. The van der Waals surface area contributed by atoms with Crippen LogP contribution in [0, 0.1) is 11.8 Å². The second kappa shape index (κ2) is 13.0. The predicted molar refractivity (Wildman–Crippen MR) is 143 cm³/mol. The van der Waals surface area contributed by atoms with Gasteiger partial charge in [-0.05, 0) is 67.3 Å². The van der Waals surface area contributed by atoms with Crippen molar-refractivity contribution in [3.8, 4) is 0 Å². The second-order valence-corrected chi connectivity index (χ2v) is 11.2. The van der Waals surface area contributed by atoms with E-state index in [0.717, 1.165) is 32.4 Å². The highest BCUT2D eigenvalue weighted by Crippen LogP contribution is 2.43. The molecule has 2 fully saturated rings. The van der Waals surface area contributed by atoms with E-state index in [2.05, 4.69) is 22.3 Å². The number of nitrogens with zero attached hydrogens (tertiary/aromatic N) is 1. The zero-order valence-corrected chi connectivity index (χ0v) is 23.1. The summed E-state index contributed by atoms with van der Waals surface area (Å²) in [5.41, 5.74) is 3.50. The van der Waals surface area contributed by atoms with Crippen molar-refractivity contribution in [1.82, 2.24) is 10.2 Å². The molecule has 0 spiro atoms. The molecular formula is C30H35F6N3O3. The van der Waals surface area contributed by atoms with Gasteiger partial charge in [0.25, 0.3) is 0 Å². The molecule has 2 aromatic rings. The van der Waals surface area contributed by atoms with E-state index in [0.29, 0.717) is 38.2 Å². The molecule has 1 aliphatic heterocycles. The molecule has 1 aliphatic carbocycles.